The fraction of sp³-hybridized carbons (Fsp3) is 0.300. The second kappa shape index (κ2) is 8.12. The van der Waals surface area contributed by atoms with Crippen molar-refractivity contribution in [2.45, 2.75) is 18.6 Å². The Morgan fingerprint density at radius 3 is 2.35 bits per heavy atom. The van der Waals surface area contributed by atoms with Gasteiger partial charge in [-0.1, -0.05) is 30.3 Å². The summed E-state index contributed by atoms with van der Waals surface area (Å²) in [5.74, 6) is 0.110. The summed E-state index contributed by atoms with van der Waals surface area (Å²) in [5.41, 5.74) is 1.15. The Balaban J connectivity index is 1.58. The maximum atomic E-state index is 12.3. The molecule has 26 heavy (non-hydrogen) atoms. The van der Waals surface area contributed by atoms with Gasteiger partial charge in [0.2, 0.25) is 0 Å². The Morgan fingerprint density at radius 1 is 1.04 bits per heavy atom. The van der Waals surface area contributed by atoms with Gasteiger partial charge in [-0.3, -0.25) is 9.59 Å². The first kappa shape index (κ1) is 18.1. The van der Waals surface area contributed by atoms with Crippen molar-refractivity contribution in [1.29, 1.82) is 0 Å². The van der Waals surface area contributed by atoms with Crippen LogP contribution in [-0.4, -0.2) is 58.7 Å². The highest BCUT2D eigenvalue weighted by Crippen LogP contribution is 2.19. The molecule has 0 spiro atoms. The van der Waals surface area contributed by atoms with E-state index in [1.54, 1.807) is 36.4 Å². The number of ketones is 1. The van der Waals surface area contributed by atoms with E-state index in [2.05, 4.69) is 0 Å². The van der Waals surface area contributed by atoms with Gasteiger partial charge in [0.25, 0.3) is 5.91 Å². The summed E-state index contributed by atoms with van der Waals surface area (Å²) in [6.07, 6.45) is -0.238. The van der Waals surface area contributed by atoms with E-state index in [1.165, 1.54) is 4.90 Å². The molecular formula is C20H21NO5. The van der Waals surface area contributed by atoms with Crippen molar-refractivity contribution >= 4 is 11.7 Å². The summed E-state index contributed by atoms with van der Waals surface area (Å²) in [4.78, 5) is 26.0. The number of aliphatic hydroxyl groups is 2. The molecule has 0 aromatic heterocycles. The van der Waals surface area contributed by atoms with E-state index in [1.807, 2.05) is 18.2 Å². The van der Waals surface area contributed by atoms with Crippen LogP contribution in [0.4, 0.5) is 0 Å². The zero-order valence-electron chi connectivity index (χ0n) is 14.2. The van der Waals surface area contributed by atoms with E-state index in [-0.39, 0.29) is 37.5 Å². The minimum absolute atomic E-state index is 0.0786. The molecule has 3 rings (SSSR count). The summed E-state index contributed by atoms with van der Waals surface area (Å²) in [5, 5.41) is 18.9. The van der Waals surface area contributed by atoms with Gasteiger partial charge in [-0.05, 0) is 30.7 Å². The summed E-state index contributed by atoms with van der Waals surface area (Å²) in [6, 6.07) is 15.2. The molecule has 2 atom stereocenters. The molecule has 0 bridgehead atoms. The molecule has 2 aromatic rings. The third kappa shape index (κ3) is 4.09. The summed E-state index contributed by atoms with van der Waals surface area (Å²) >= 11 is 0. The number of β-amino-alcohol motifs (C(OH)–C–C–N with tert-alkyl or cyclic N) is 1. The largest absolute Gasteiger partial charge is 0.484 e. The van der Waals surface area contributed by atoms with Crippen molar-refractivity contribution in [3.8, 4) is 5.75 Å². The van der Waals surface area contributed by atoms with Crippen LogP contribution in [0.3, 0.4) is 0 Å². The molecule has 1 amide bonds. The molecule has 0 saturated carbocycles. The predicted octanol–water partition coefficient (Wildman–Crippen LogP) is 1.25. The highest BCUT2D eigenvalue weighted by atomic mass is 16.5. The third-order valence-corrected chi connectivity index (χ3v) is 4.44. The van der Waals surface area contributed by atoms with Crippen LogP contribution >= 0.6 is 0 Å². The summed E-state index contributed by atoms with van der Waals surface area (Å²) < 4.78 is 5.48. The maximum absolute atomic E-state index is 12.3. The number of rotatable bonds is 6. The van der Waals surface area contributed by atoms with Crippen molar-refractivity contribution in [1.82, 2.24) is 4.90 Å². The number of benzene rings is 2. The number of nitrogens with zero attached hydrogens (tertiary/aromatic N) is 1. The molecular weight excluding hydrogens is 334 g/mol. The average molecular weight is 355 g/mol. The van der Waals surface area contributed by atoms with Gasteiger partial charge >= 0.3 is 0 Å². The lowest BCUT2D eigenvalue weighted by Gasteiger charge is -2.22. The molecule has 1 aliphatic heterocycles. The van der Waals surface area contributed by atoms with Crippen LogP contribution in [0.2, 0.25) is 0 Å². The maximum Gasteiger partial charge on any atom is 0.260 e. The van der Waals surface area contributed by atoms with Crippen LogP contribution in [0.1, 0.15) is 22.3 Å². The van der Waals surface area contributed by atoms with Gasteiger partial charge in [0.05, 0.1) is 18.8 Å². The Labute approximate surface area is 151 Å². The van der Waals surface area contributed by atoms with E-state index >= 15 is 0 Å². The first-order chi connectivity index (χ1) is 12.6. The lowest BCUT2D eigenvalue weighted by atomic mass is 10.0. The third-order valence-electron chi connectivity index (χ3n) is 4.44. The van der Waals surface area contributed by atoms with Crippen molar-refractivity contribution in [3.05, 3.63) is 65.7 Å². The normalized spacial score (nSPS) is 19.4. The second-order valence-corrected chi connectivity index (χ2v) is 6.28. The fourth-order valence-electron chi connectivity index (χ4n) is 3.06. The molecule has 0 aliphatic carbocycles. The minimum atomic E-state index is -0.612. The van der Waals surface area contributed by atoms with Gasteiger partial charge in [-0.25, -0.2) is 0 Å². The number of carbonyl (C=O) groups excluding carboxylic acids is 2. The molecule has 6 nitrogen and oxygen atoms in total. The Bertz CT molecular complexity index is 760. The number of hydrogen-bond acceptors (Lipinski definition) is 5. The smallest absolute Gasteiger partial charge is 0.260 e. The predicted molar refractivity (Wildman–Crippen MR) is 95.0 cm³/mol. The van der Waals surface area contributed by atoms with Crippen LogP contribution in [0.25, 0.3) is 0 Å². The number of amides is 1. The lowest BCUT2D eigenvalue weighted by molar-refractivity contribution is -0.135. The standard InChI is InChI=1S/C20H21NO5/c22-12-16-10-17(23)11-21(16)19(24)13-26-18-8-6-15(7-9-18)20(25)14-4-2-1-3-5-14/h1-9,16-17,22-23H,10-13H2/t16-,17+/m0/s1. The molecule has 1 heterocycles. The second-order valence-electron chi connectivity index (χ2n) is 6.28. The van der Waals surface area contributed by atoms with E-state index in [9.17, 15) is 19.8 Å². The topological polar surface area (TPSA) is 87.1 Å². The Hall–Kier alpha value is -2.70. The van der Waals surface area contributed by atoms with Gasteiger partial charge in [-0.2, -0.15) is 0 Å². The van der Waals surface area contributed by atoms with Crippen LogP contribution in [0.15, 0.2) is 54.6 Å². The molecule has 1 fully saturated rings. The van der Waals surface area contributed by atoms with Gasteiger partial charge in [0, 0.05) is 17.7 Å². The Kier molecular flexibility index (Phi) is 5.65. The van der Waals surface area contributed by atoms with E-state index in [0.29, 0.717) is 23.3 Å². The van der Waals surface area contributed by atoms with Gasteiger partial charge in [-0.15, -0.1) is 0 Å². The number of carbonyl (C=O) groups is 2. The summed E-state index contributed by atoms with van der Waals surface area (Å²) in [6.45, 7) is -0.160. The molecule has 1 saturated heterocycles. The van der Waals surface area contributed by atoms with Crippen LogP contribution < -0.4 is 4.74 Å². The first-order valence-electron chi connectivity index (χ1n) is 8.49. The minimum Gasteiger partial charge on any atom is -0.484 e. The highest BCUT2D eigenvalue weighted by Gasteiger charge is 2.33. The molecule has 0 unspecified atom stereocenters. The quantitative estimate of drug-likeness (QED) is 0.762. The molecule has 2 N–H and O–H groups in total. The molecule has 1 aliphatic rings. The lowest BCUT2D eigenvalue weighted by Crippen LogP contribution is -2.40. The van der Waals surface area contributed by atoms with Gasteiger partial charge in [0.1, 0.15) is 5.75 Å². The van der Waals surface area contributed by atoms with Crippen LogP contribution in [0, 0.1) is 0 Å². The number of likely N-dealkylation sites (tertiary alicyclic amines) is 1. The zero-order chi connectivity index (χ0) is 18.5. The SMILES string of the molecule is O=C(c1ccccc1)c1ccc(OCC(=O)N2C[C@H](O)C[C@H]2CO)cc1. The monoisotopic (exact) mass is 355 g/mol. The van der Waals surface area contributed by atoms with Crippen LogP contribution in [0.5, 0.6) is 5.75 Å². The van der Waals surface area contributed by atoms with Crippen molar-refractivity contribution in [3.63, 3.8) is 0 Å². The Morgan fingerprint density at radius 2 is 1.69 bits per heavy atom. The molecule has 6 heteroatoms. The van der Waals surface area contributed by atoms with Crippen LogP contribution in [-0.2, 0) is 4.79 Å². The number of ether oxygens (including phenoxy) is 1. The zero-order valence-corrected chi connectivity index (χ0v) is 14.2. The van der Waals surface area contributed by atoms with E-state index < -0.39 is 6.10 Å². The van der Waals surface area contributed by atoms with Crippen molar-refractivity contribution in [2.24, 2.45) is 0 Å². The number of hydrogen-bond donors (Lipinski definition) is 2. The van der Waals surface area contributed by atoms with Gasteiger partial charge < -0.3 is 19.8 Å². The summed E-state index contributed by atoms with van der Waals surface area (Å²) in [7, 11) is 0. The molecule has 2 aromatic carbocycles. The highest BCUT2D eigenvalue weighted by molar-refractivity contribution is 6.08. The van der Waals surface area contributed by atoms with Crippen molar-refractivity contribution < 1.29 is 24.5 Å². The van der Waals surface area contributed by atoms with Gasteiger partial charge in [0.15, 0.2) is 12.4 Å². The van der Waals surface area contributed by atoms with E-state index in [0.717, 1.165) is 0 Å². The number of aliphatic hydroxyl groups excluding tert-OH is 2. The average Bonchev–Trinajstić information content (AvgIpc) is 3.07. The van der Waals surface area contributed by atoms with Crippen molar-refractivity contribution in [2.75, 3.05) is 19.8 Å². The fourth-order valence-corrected chi connectivity index (χ4v) is 3.06. The van der Waals surface area contributed by atoms with E-state index in [4.69, 9.17) is 4.74 Å². The molecule has 136 valence electrons. The first-order valence-corrected chi connectivity index (χ1v) is 8.49. The molecule has 0 radical (unpaired) electrons.